The third-order valence-electron chi connectivity index (χ3n) is 6.35. The summed E-state index contributed by atoms with van der Waals surface area (Å²) in [5.74, 6) is 0.106. The van der Waals surface area contributed by atoms with Crippen molar-refractivity contribution < 1.29 is 9.59 Å². The number of carbonyl (C=O) groups is 2. The third-order valence-corrected chi connectivity index (χ3v) is 7.54. The number of rotatable bonds is 3. The summed E-state index contributed by atoms with van der Waals surface area (Å²) in [5, 5.41) is 9.73. The van der Waals surface area contributed by atoms with Gasteiger partial charge in [-0.05, 0) is 61.3 Å². The number of aryl methyl sites for hydroxylation is 2. The minimum atomic E-state index is -0.558. The molecule has 2 aromatic rings. The molecular weight excluding hydrogens is 406 g/mol. The summed E-state index contributed by atoms with van der Waals surface area (Å²) < 4.78 is 0. The maximum atomic E-state index is 13.0. The summed E-state index contributed by atoms with van der Waals surface area (Å²) in [5.41, 5.74) is 4.53. The topological polar surface area (TPSA) is 74.1 Å². The number of aromatic nitrogens is 1. The van der Waals surface area contributed by atoms with Crippen LogP contribution in [0.25, 0.3) is 0 Å². The molecule has 2 amide bonds. The Morgan fingerprint density at radius 1 is 1.16 bits per heavy atom. The number of nitriles is 1. The predicted molar refractivity (Wildman–Crippen MR) is 122 cm³/mol. The standard InChI is InChI=1S/C25H27N3O2S/c1-15-5-8-19(9-6-15)28-22(29)13-21(24(28)30)31-23-17(14-26)11-16-12-18(25(2,3)4)7-10-20(16)27-23/h5-6,8-9,11,18,21H,7,10,12-13H2,1-4H3/t18-,21+/m1/s1. The number of hydrogen-bond acceptors (Lipinski definition) is 5. The van der Waals surface area contributed by atoms with Crippen molar-refractivity contribution in [1.29, 1.82) is 5.26 Å². The van der Waals surface area contributed by atoms with Gasteiger partial charge in [0, 0.05) is 12.1 Å². The van der Waals surface area contributed by atoms with E-state index in [1.165, 1.54) is 16.7 Å². The van der Waals surface area contributed by atoms with Crippen molar-refractivity contribution in [2.75, 3.05) is 4.90 Å². The molecule has 1 fully saturated rings. The van der Waals surface area contributed by atoms with Crippen LogP contribution >= 0.6 is 11.8 Å². The van der Waals surface area contributed by atoms with Gasteiger partial charge in [-0.3, -0.25) is 9.59 Å². The SMILES string of the molecule is Cc1ccc(N2C(=O)C[C@H](Sc3nc4c(cc3C#N)C[C@H](C(C)(C)C)CC4)C2=O)cc1. The van der Waals surface area contributed by atoms with Crippen LogP contribution in [-0.2, 0) is 22.4 Å². The fourth-order valence-electron chi connectivity index (χ4n) is 4.35. The van der Waals surface area contributed by atoms with Gasteiger partial charge in [0.05, 0.1) is 16.5 Å². The molecule has 0 saturated carbocycles. The van der Waals surface area contributed by atoms with E-state index in [1.807, 2.05) is 25.1 Å². The zero-order valence-corrected chi connectivity index (χ0v) is 19.3. The molecule has 6 heteroatoms. The van der Waals surface area contributed by atoms with Crippen LogP contribution in [0.15, 0.2) is 35.4 Å². The number of anilines is 1. The molecular formula is C25H27N3O2S. The Kier molecular flexibility index (Phi) is 5.65. The van der Waals surface area contributed by atoms with Gasteiger partial charge in [-0.25, -0.2) is 9.88 Å². The Balaban J connectivity index is 1.57. The first-order chi connectivity index (χ1) is 14.7. The van der Waals surface area contributed by atoms with Gasteiger partial charge in [-0.2, -0.15) is 5.26 Å². The summed E-state index contributed by atoms with van der Waals surface area (Å²) in [6.45, 7) is 8.74. The van der Waals surface area contributed by atoms with Crippen molar-refractivity contribution in [3.8, 4) is 6.07 Å². The van der Waals surface area contributed by atoms with E-state index in [4.69, 9.17) is 4.98 Å². The van der Waals surface area contributed by atoms with Crippen molar-refractivity contribution in [1.82, 2.24) is 4.98 Å². The Morgan fingerprint density at radius 2 is 1.87 bits per heavy atom. The largest absolute Gasteiger partial charge is 0.274 e. The molecule has 2 heterocycles. The minimum Gasteiger partial charge on any atom is -0.274 e. The molecule has 0 unspecified atom stereocenters. The first-order valence-electron chi connectivity index (χ1n) is 10.7. The number of pyridine rings is 1. The van der Waals surface area contributed by atoms with Crippen LogP contribution < -0.4 is 4.90 Å². The maximum Gasteiger partial charge on any atom is 0.247 e. The monoisotopic (exact) mass is 433 g/mol. The highest BCUT2D eigenvalue weighted by molar-refractivity contribution is 8.00. The summed E-state index contributed by atoms with van der Waals surface area (Å²) in [7, 11) is 0. The van der Waals surface area contributed by atoms with E-state index in [0.29, 0.717) is 22.2 Å². The number of nitrogens with zero attached hydrogens (tertiary/aromatic N) is 3. The highest BCUT2D eigenvalue weighted by Gasteiger charge is 2.41. The molecule has 0 bridgehead atoms. The van der Waals surface area contributed by atoms with Crippen molar-refractivity contribution in [3.63, 3.8) is 0 Å². The van der Waals surface area contributed by atoms with Crippen LogP contribution in [0.3, 0.4) is 0 Å². The molecule has 31 heavy (non-hydrogen) atoms. The van der Waals surface area contributed by atoms with E-state index in [9.17, 15) is 14.9 Å². The van der Waals surface area contributed by atoms with E-state index in [2.05, 4.69) is 26.8 Å². The molecule has 160 valence electrons. The summed E-state index contributed by atoms with van der Waals surface area (Å²) in [6.07, 6.45) is 2.99. The van der Waals surface area contributed by atoms with Gasteiger partial charge in [-0.15, -0.1) is 0 Å². The average molecular weight is 434 g/mol. The zero-order valence-electron chi connectivity index (χ0n) is 18.4. The minimum absolute atomic E-state index is 0.118. The molecule has 0 spiro atoms. The maximum absolute atomic E-state index is 13.0. The normalized spacial score (nSPS) is 21.2. The summed E-state index contributed by atoms with van der Waals surface area (Å²) in [6, 6.07) is 11.6. The van der Waals surface area contributed by atoms with Crippen LogP contribution in [0, 0.1) is 29.6 Å². The zero-order chi connectivity index (χ0) is 22.3. The van der Waals surface area contributed by atoms with Gasteiger partial charge in [0.25, 0.3) is 0 Å². The molecule has 1 aromatic heterocycles. The van der Waals surface area contributed by atoms with E-state index >= 15 is 0 Å². The van der Waals surface area contributed by atoms with E-state index in [-0.39, 0.29) is 23.7 Å². The number of hydrogen-bond donors (Lipinski definition) is 0. The number of benzene rings is 1. The van der Waals surface area contributed by atoms with Crippen LogP contribution in [0.4, 0.5) is 5.69 Å². The second-order valence-corrected chi connectivity index (χ2v) is 10.8. The molecule has 2 atom stereocenters. The van der Waals surface area contributed by atoms with Crippen molar-refractivity contribution >= 4 is 29.3 Å². The average Bonchev–Trinajstić information content (AvgIpc) is 3.00. The molecule has 0 N–H and O–H groups in total. The summed E-state index contributed by atoms with van der Waals surface area (Å²) >= 11 is 1.25. The Morgan fingerprint density at radius 3 is 2.52 bits per heavy atom. The quantitative estimate of drug-likeness (QED) is 0.648. The molecule has 1 aliphatic carbocycles. The number of amides is 2. The van der Waals surface area contributed by atoms with Gasteiger partial charge >= 0.3 is 0 Å². The third kappa shape index (κ3) is 4.24. The number of fused-ring (bicyclic) bond motifs is 1. The van der Waals surface area contributed by atoms with Crippen LogP contribution in [0.5, 0.6) is 0 Å². The highest BCUT2D eigenvalue weighted by atomic mass is 32.2. The number of thioether (sulfide) groups is 1. The van der Waals surface area contributed by atoms with Crippen molar-refractivity contribution in [2.45, 2.75) is 63.7 Å². The van der Waals surface area contributed by atoms with Gasteiger partial charge in [0.1, 0.15) is 11.1 Å². The van der Waals surface area contributed by atoms with Gasteiger partial charge < -0.3 is 0 Å². The van der Waals surface area contributed by atoms with E-state index in [0.717, 1.165) is 36.1 Å². The fraction of sp³-hybridized carbons (Fsp3) is 0.440. The molecule has 1 aromatic carbocycles. The Labute approximate surface area is 187 Å². The second-order valence-electron chi connectivity index (χ2n) is 9.58. The first kappa shape index (κ1) is 21.6. The molecule has 1 saturated heterocycles. The summed E-state index contributed by atoms with van der Waals surface area (Å²) in [4.78, 5) is 31.7. The lowest BCUT2D eigenvalue weighted by atomic mass is 9.71. The molecule has 1 aliphatic heterocycles. The number of carbonyl (C=O) groups excluding carboxylic acids is 2. The van der Waals surface area contributed by atoms with Crippen LogP contribution in [0.2, 0.25) is 0 Å². The smallest absolute Gasteiger partial charge is 0.247 e. The lowest BCUT2D eigenvalue weighted by Gasteiger charge is -2.34. The molecule has 0 radical (unpaired) electrons. The molecule has 5 nitrogen and oxygen atoms in total. The highest BCUT2D eigenvalue weighted by Crippen LogP contribution is 2.40. The van der Waals surface area contributed by atoms with Gasteiger partial charge in [0.15, 0.2) is 0 Å². The Hall–Kier alpha value is -2.65. The lowest BCUT2D eigenvalue weighted by molar-refractivity contribution is -0.121. The van der Waals surface area contributed by atoms with Crippen LogP contribution in [-0.4, -0.2) is 22.0 Å². The van der Waals surface area contributed by atoms with Crippen LogP contribution in [0.1, 0.15) is 56.0 Å². The van der Waals surface area contributed by atoms with Crippen molar-refractivity contribution in [3.05, 3.63) is 52.7 Å². The number of imide groups is 1. The predicted octanol–water partition coefficient (Wildman–Crippen LogP) is 4.84. The lowest BCUT2D eigenvalue weighted by Crippen LogP contribution is -2.31. The molecule has 2 aliphatic rings. The molecule has 4 rings (SSSR count). The van der Waals surface area contributed by atoms with E-state index in [1.54, 1.807) is 12.1 Å². The van der Waals surface area contributed by atoms with Gasteiger partial charge in [-0.1, -0.05) is 50.2 Å². The second kappa shape index (κ2) is 8.12. The Bertz CT molecular complexity index is 1080. The fourth-order valence-corrected chi connectivity index (χ4v) is 5.45. The van der Waals surface area contributed by atoms with Gasteiger partial charge in [0.2, 0.25) is 11.8 Å². The van der Waals surface area contributed by atoms with E-state index < -0.39 is 5.25 Å². The first-order valence-corrected chi connectivity index (χ1v) is 11.6. The van der Waals surface area contributed by atoms with Crippen molar-refractivity contribution in [2.24, 2.45) is 11.3 Å².